The number of hydrogen-bond donors (Lipinski definition) is 0. The maximum Gasteiger partial charge on any atom is 0.151 e. The molecular weight excluding hydrogens is 292 g/mol. The molecule has 0 aliphatic carbocycles. The number of aldehydes is 1. The molecule has 114 valence electrons. The molecule has 1 heteroatoms. The lowest BCUT2D eigenvalue weighted by atomic mass is 9.91. The second-order valence-electron chi connectivity index (χ2n) is 5.81. The van der Waals surface area contributed by atoms with Gasteiger partial charge in [0.15, 0.2) is 6.29 Å². The van der Waals surface area contributed by atoms with E-state index in [1.807, 2.05) is 60.7 Å². The maximum atomic E-state index is 11.9. The number of carbonyl (C=O) groups is 1. The Kier molecular flexibility index (Phi) is 3.68. The molecule has 0 N–H and O–H groups in total. The maximum absolute atomic E-state index is 11.9. The Morgan fingerprint density at radius 1 is 0.542 bits per heavy atom. The van der Waals surface area contributed by atoms with Crippen molar-refractivity contribution in [3.8, 4) is 22.3 Å². The topological polar surface area (TPSA) is 17.1 Å². The molecule has 4 aromatic carbocycles. The van der Waals surface area contributed by atoms with Crippen molar-refractivity contribution in [1.29, 1.82) is 0 Å². The van der Waals surface area contributed by atoms with Gasteiger partial charge in [-0.15, -0.1) is 0 Å². The highest BCUT2D eigenvalue weighted by atomic mass is 16.1. The quantitative estimate of drug-likeness (QED) is 0.425. The Labute approximate surface area is 141 Å². The molecule has 0 radical (unpaired) electrons. The third-order valence-electron chi connectivity index (χ3n) is 4.37. The van der Waals surface area contributed by atoms with Crippen LogP contribution < -0.4 is 0 Å². The number of fused-ring (bicyclic) bond motifs is 1. The molecule has 0 atom stereocenters. The van der Waals surface area contributed by atoms with Crippen LogP contribution in [0.4, 0.5) is 0 Å². The molecule has 0 fully saturated rings. The fourth-order valence-corrected chi connectivity index (χ4v) is 3.17. The normalized spacial score (nSPS) is 10.7. The minimum atomic E-state index is 0.735. The summed E-state index contributed by atoms with van der Waals surface area (Å²) in [6.07, 6.45) is 0.965. The van der Waals surface area contributed by atoms with E-state index in [9.17, 15) is 4.79 Å². The van der Waals surface area contributed by atoms with Crippen LogP contribution >= 0.6 is 0 Å². The molecule has 0 saturated heterocycles. The zero-order valence-electron chi connectivity index (χ0n) is 13.1. The summed E-state index contributed by atoms with van der Waals surface area (Å²) in [7, 11) is 0. The highest BCUT2D eigenvalue weighted by molar-refractivity contribution is 5.98. The van der Waals surface area contributed by atoms with Gasteiger partial charge in [-0.25, -0.2) is 0 Å². The first-order valence-corrected chi connectivity index (χ1v) is 7.99. The predicted octanol–water partition coefficient (Wildman–Crippen LogP) is 5.99. The summed E-state index contributed by atoms with van der Waals surface area (Å²) in [5.41, 5.74) is 4.79. The predicted molar refractivity (Wildman–Crippen MR) is 100 cm³/mol. The van der Waals surface area contributed by atoms with Crippen molar-refractivity contribution in [3.63, 3.8) is 0 Å². The van der Waals surface area contributed by atoms with Crippen LogP contribution in [0.2, 0.25) is 0 Å². The van der Waals surface area contributed by atoms with E-state index in [-0.39, 0.29) is 0 Å². The largest absolute Gasteiger partial charge is 0.298 e. The van der Waals surface area contributed by atoms with Gasteiger partial charge in [0, 0.05) is 5.56 Å². The molecule has 0 bridgehead atoms. The molecule has 24 heavy (non-hydrogen) atoms. The summed E-state index contributed by atoms with van der Waals surface area (Å²) in [4.78, 5) is 11.9. The summed E-state index contributed by atoms with van der Waals surface area (Å²) in [6, 6.07) is 30.7. The van der Waals surface area contributed by atoms with Crippen LogP contribution in [0.15, 0.2) is 91.0 Å². The molecule has 1 nitrogen and oxygen atoms in total. The van der Waals surface area contributed by atoms with E-state index in [2.05, 4.69) is 30.3 Å². The second kappa shape index (κ2) is 6.13. The van der Waals surface area contributed by atoms with Crippen LogP contribution in [0, 0.1) is 0 Å². The Morgan fingerprint density at radius 3 is 1.96 bits per heavy atom. The van der Waals surface area contributed by atoms with E-state index in [1.165, 1.54) is 10.8 Å². The molecule has 0 spiro atoms. The van der Waals surface area contributed by atoms with E-state index in [1.54, 1.807) is 0 Å². The van der Waals surface area contributed by atoms with Gasteiger partial charge in [-0.2, -0.15) is 0 Å². The monoisotopic (exact) mass is 308 g/mol. The lowest BCUT2D eigenvalue weighted by Gasteiger charge is -2.12. The van der Waals surface area contributed by atoms with E-state index in [4.69, 9.17) is 0 Å². The third-order valence-corrected chi connectivity index (χ3v) is 4.37. The fourth-order valence-electron chi connectivity index (χ4n) is 3.17. The molecule has 0 aliphatic rings. The minimum absolute atomic E-state index is 0.735. The Morgan fingerprint density at radius 2 is 1.21 bits per heavy atom. The Hall–Kier alpha value is -3.19. The van der Waals surface area contributed by atoms with Crippen LogP contribution in [0.1, 0.15) is 10.4 Å². The van der Waals surface area contributed by atoms with Crippen LogP contribution in [0.25, 0.3) is 33.0 Å². The number of carbonyl (C=O) groups excluding carboxylic acids is 1. The first-order chi connectivity index (χ1) is 11.9. The lowest BCUT2D eigenvalue weighted by Crippen LogP contribution is -1.92. The zero-order valence-corrected chi connectivity index (χ0v) is 13.1. The first kappa shape index (κ1) is 14.4. The van der Waals surface area contributed by atoms with Gasteiger partial charge < -0.3 is 0 Å². The summed E-state index contributed by atoms with van der Waals surface area (Å²) >= 11 is 0. The lowest BCUT2D eigenvalue weighted by molar-refractivity contribution is 0.112. The molecule has 0 aromatic heterocycles. The van der Waals surface area contributed by atoms with Crippen LogP contribution in [0.3, 0.4) is 0 Å². The first-order valence-electron chi connectivity index (χ1n) is 7.99. The smallest absolute Gasteiger partial charge is 0.151 e. The molecule has 4 aromatic rings. The number of hydrogen-bond acceptors (Lipinski definition) is 1. The van der Waals surface area contributed by atoms with Crippen LogP contribution in [-0.4, -0.2) is 6.29 Å². The third kappa shape index (κ3) is 2.50. The highest BCUT2D eigenvalue weighted by Crippen LogP contribution is 2.32. The highest BCUT2D eigenvalue weighted by Gasteiger charge is 2.11. The van der Waals surface area contributed by atoms with E-state index in [0.29, 0.717) is 0 Å². The van der Waals surface area contributed by atoms with Gasteiger partial charge in [0.05, 0.1) is 0 Å². The molecule has 4 rings (SSSR count). The Bertz CT molecular complexity index is 1020. The van der Waals surface area contributed by atoms with Crippen molar-refractivity contribution >= 4 is 17.1 Å². The standard InChI is InChI=1S/C23H16O/c24-16-23-21(18-8-2-1-3-9-18)11-6-12-22(23)20-14-13-17-7-4-5-10-19(17)15-20/h1-16H. The summed E-state index contributed by atoms with van der Waals surface area (Å²) in [5, 5.41) is 2.38. The van der Waals surface area contributed by atoms with Gasteiger partial charge in [-0.1, -0.05) is 84.9 Å². The van der Waals surface area contributed by atoms with Crippen molar-refractivity contribution in [2.45, 2.75) is 0 Å². The second-order valence-corrected chi connectivity index (χ2v) is 5.81. The van der Waals surface area contributed by atoms with Gasteiger partial charge in [0.25, 0.3) is 0 Å². The summed E-state index contributed by atoms with van der Waals surface area (Å²) < 4.78 is 0. The molecule has 0 heterocycles. The SMILES string of the molecule is O=Cc1c(-c2ccccc2)cccc1-c1ccc2ccccc2c1. The molecule has 0 saturated carbocycles. The van der Waals surface area contributed by atoms with Crippen LogP contribution in [-0.2, 0) is 0 Å². The Balaban J connectivity index is 1.93. The van der Waals surface area contributed by atoms with E-state index >= 15 is 0 Å². The van der Waals surface area contributed by atoms with Crippen molar-refractivity contribution in [3.05, 3.63) is 96.6 Å². The van der Waals surface area contributed by atoms with Gasteiger partial charge in [0.2, 0.25) is 0 Å². The van der Waals surface area contributed by atoms with Crippen LogP contribution in [0.5, 0.6) is 0 Å². The summed E-state index contributed by atoms with van der Waals surface area (Å²) in [5.74, 6) is 0. The van der Waals surface area contributed by atoms with Crippen molar-refractivity contribution in [1.82, 2.24) is 0 Å². The van der Waals surface area contributed by atoms with Crippen molar-refractivity contribution in [2.24, 2.45) is 0 Å². The zero-order chi connectivity index (χ0) is 16.4. The van der Waals surface area contributed by atoms with Gasteiger partial charge >= 0.3 is 0 Å². The molecular formula is C23H16O. The average molecular weight is 308 g/mol. The minimum Gasteiger partial charge on any atom is -0.298 e. The number of rotatable bonds is 3. The molecule has 0 aliphatic heterocycles. The van der Waals surface area contributed by atoms with E-state index < -0.39 is 0 Å². The van der Waals surface area contributed by atoms with Crippen molar-refractivity contribution < 1.29 is 4.79 Å². The molecule has 0 unspecified atom stereocenters. The van der Waals surface area contributed by atoms with Gasteiger partial charge in [-0.3, -0.25) is 4.79 Å². The summed E-state index contributed by atoms with van der Waals surface area (Å²) in [6.45, 7) is 0. The molecule has 0 amide bonds. The average Bonchev–Trinajstić information content (AvgIpc) is 2.67. The fraction of sp³-hybridized carbons (Fsp3) is 0. The number of benzene rings is 4. The van der Waals surface area contributed by atoms with Gasteiger partial charge in [0.1, 0.15) is 0 Å². The van der Waals surface area contributed by atoms with Crippen molar-refractivity contribution in [2.75, 3.05) is 0 Å². The van der Waals surface area contributed by atoms with Gasteiger partial charge in [-0.05, 0) is 39.1 Å². The van der Waals surface area contributed by atoms with E-state index in [0.717, 1.165) is 34.1 Å².